The van der Waals surface area contributed by atoms with Gasteiger partial charge >= 0.3 is 5.97 Å². The molecular formula is C32H35N3O6. The van der Waals surface area contributed by atoms with E-state index in [-0.39, 0.29) is 37.7 Å². The van der Waals surface area contributed by atoms with E-state index >= 15 is 0 Å². The zero-order valence-electron chi connectivity index (χ0n) is 23.0. The lowest BCUT2D eigenvalue weighted by atomic mass is 10.1. The molecule has 2 aliphatic rings. The second-order valence-electron chi connectivity index (χ2n) is 10.4. The minimum Gasteiger partial charge on any atom is -0.489 e. The highest BCUT2D eigenvalue weighted by Gasteiger charge is 2.38. The van der Waals surface area contributed by atoms with Gasteiger partial charge in [-0.05, 0) is 35.2 Å². The molecule has 2 N–H and O–H groups in total. The first-order chi connectivity index (χ1) is 20.0. The van der Waals surface area contributed by atoms with E-state index in [1.54, 1.807) is 12.1 Å². The lowest BCUT2D eigenvalue weighted by Crippen LogP contribution is -2.47. The molecule has 0 aliphatic carbocycles. The highest BCUT2D eigenvalue weighted by molar-refractivity contribution is 6.01. The molecule has 0 aromatic heterocycles. The number of amides is 2. The number of fused-ring (bicyclic) bond motifs is 1. The number of carboxylic acid groups (broad SMARTS) is 1. The van der Waals surface area contributed by atoms with Crippen LogP contribution in [0.4, 0.5) is 0 Å². The molecule has 41 heavy (non-hydrogen) atoms. The van der Waals surface area contributed by atoms with Crippen LogP contribution in [0, 0.1) is 0 Å². The Morgan fingerprint density at radius 1 is 0.927 bits per heavy atom. The van der Waals surface area contributed by atoms with Gasteiger partial charge in [0, 0.05) is 43.7 Å². The van der Waals surface area contributed by atoms with Crippen LogP contribution in [0.25, 0.3) is 0 Å². The summed E-state index contributed by atoms with van der Waals surface area (Å²) < 4.78 is 11.6. The zero-order chi connectivity index (χ0) is 28.6. The smallest absolute Gasteiger partial charge is 0.303 e. The average molecular weight is 558 g/mol. The predicted octanol–water partition coefficient (Wildman–Crippen LogP) is 3.60. The number of ether oxygens (including phenoxy) is 2. The van der Waals surface area contributed by atoms with Gasteiger partial charge in [0.15, 0.2) is 0 Å². The molecule has 9 heteroatoms. The molecule has 0 radical (unpaired) electrons. The molecule has 3 aromatic carbocycles. The van der Waals surface area contributed by atoms with Crippen LogP contribution in [0.3, 0.4) is 0 Å². The van der Waals surface area contributed by atoms with Crippen molar-refractivity contribution in [2.45, 2.75) is 45.1 Å². The van der Waals surface area contributed by atoms with Gasteiger partial charge in [0.05, 0.1) is 19.8 Å². The van der Waals surface area contributed by atoms with Crippen molar-refractivity contribution in [1.82, 2.24) is 15.1 Å². The van der Waals surface area contributed by atoms with Crippen LogP contribution in [-0.2, 0) is 40.6 Å². The molecule has 2 amide bonds. The summed E-state index contributed by atoms with van der Waals surface area (Å²) >= 11 is 0. The van der Waals surface area contributed by atoms with Crippen LogP contribution in [0.15, 0.2) is 72.8 Å². The third kappa shape index (κ3) is 7.31. The lowest BCUT2D eigenvalue weighted by molar-refractivity contribution is -0.137. The van der Waals surface area contributed by atoms with E-state index in [0.717, 1.165) is 44.0 Å². The van der Waals surface area contributed by atoms with Crippen LogP contribution < -0.4 is 10.1 Å². The molecule has 2 heterocycles. The number of rotatable bonds is 12. The number of carbonyl (C=O) groups is 3. The van der Waals surface area contributed by atoms with E-state index in [2.05, 4.69) is 34.5 Å². The van der Waals surface area contributed by atoms with E-state index in [4.69, 9.17) is 9.47 Å². The first-order valence-corrected chi connectivity index (χ1v) is 13.9. The maximum absolute atomic E-state index is 13.4. The zero-order valence-corrected chi connectivity index (χ0v) is 23.0. The number of hydrogen-bond donors (Lipinski definition) is 2. The standard InChI is InChI=1S/C32H35N3O6/c36-30(37)14-13-28(31(38)33-19-23-5-2-1-3-6-23)35-21-27-26(32(35)39)7-4-8-29(27)41-22-25-11-9-24(10-12-25)20-34-15-17-40-18-16-34/h1-12,28H,13-22H2,(H,33,38)(H,36,37). The Morgan fingerprint density at radius 3 is 2.39 bits per heavy atom. The molecule has 1 saturated heterocycles. The molecule has 1 fully saturated rings. The summed E-state index contributed by atoms with van der Waals surface area (Å²) in [6.45, 7) is 5.09. The van der Waals surface area contributed by atoms with Crippen molar-refractivity contribution >= 4 is 17.8 Å². The summed E-state index contributed by atoms with van der Waals surface area (Å²) in [6, 6.07) is 22.2. The second kappa shape index (κ2) is 13.4. The Morgan fingerprint density at radius 2 is 1.66 bits per heavy atom. The number of nitrogens with zero attached hydrogens (tertiary/aromatic N) is 2. The van der Waals surface area contributed by atoms with Gasteiger partial charge in [0.1, 0.15) is 18.4 Å². The maximum atomic E-state index is 13.4. The molecule has 2 aliphatic heterocycles. The van der Waals surface area contributed by atoms with Crippen LogP contribution >= 0.6 is 0 Å². The number of hydrogen-bond acceptors (Lipinski definition) is 6. The van der Waals surface area contributed by atoms with Crippen molar-refractivity contribution in [3.05, 3.63) is 101 Å². The van der Waals surface area contributed by atoms with Gasteiger partial charge < -0.3 is 24.8 Å². The molecule has 5 rings (SSSR count). The number of nitrogens with one attached hydrogen (secondary N) is 1. The number of aliphatic carboxylic acids is 1. The molecule has 0 saturated carbocycles. The summed E-state index contributed by atoms with van der Waals surface area (Å²) in [6.07, 6.45) is -0.211. The summed E-state index contributed by atoms with van der Waals surface area (Å²) in [4.78, 5) is 41.8. The van der Waals surface area contributed by atoms with Crippen LogP contribution in [0.2, 0.25) is 0 Å². The minimum absolute atomic E-state index is 0.0165. The Kier molecular flexibility index (Phi) is 9.28. The topological polar surface area (TPSA) is 108 Å². The monoisotopic (exact) mass is 557 g/mol. The van der Waals surface area contributed by atoms with Crippen LogP contribution in [0.1, 0.15) is 45.5 Å². The SMILES string of the molecule is O=C(O)CCC(C(=O)NCc1ccccc1)N1Cc2c(OCc3ccc(CN4CCOCC4)cc3)cccc2C1=O. The third-order valence-corrected chi connectivity index (χ3v) is 7.50. The van der Waals surface area contributed by atoms with Gasteiger partial charge in [-0.25, -0.2) is 0 Å². The molecular weight excluding hydrogens is 522 g/mol. The van der Waals surface area contributed by atoms with Gasteiger partial charge in [-0.15, -0.1) is 0 Å². The molecule has 0 bridgehead atoms. The average Bonchev–Trinajstić information content (AvgIpc) is 3.33. The van der Waals surface area contributed by atoms with Crippen LogP contribution in [-0.4, -0.2) is 65.0 Å². The van der Waals surface area contributed by atoms with Gasteiger partial charge in [0.2, 0.25) is 5.91 Å². The normalized spacial score (nSPS) is 15.8. The summed E-state index contributed by atoms with van der Waals surface area (Å²) in [7, 11) is 0. The Labute approximate surface area is 239 Å². The minimum atomic E-state index is -1.02. The summed E-state index contributed by atoms with van der Waals surface area (Å²) in [5.74, 6) is -1.12. The Balaban J connectivity index is 1.24. The third-order valence-electron chi connectivity index (χ3n) is 7.50. The highest BCUT2D eigenvalue weighted by atomic mass is 16.5. The summed E-state index contributed by atoms with van der Waals surface area (Å²) in [5.41, 5.74) is 4.33. The number of carboxylic acids is 1. The molecule has 1 atom stereocenters. The van der Waals surface area contributed by atoms with Crippen molar-refractivity contribution in [2.75, 3.05) is 26.3 Å². The lowest BCUT2D eigenvalue weighted by Gasteiger charge is -2.26. The summed E-state index contributed by atoms with van der Waals surface area (Å²) in [5, 5.41) is 12.2. The largest absolute Gasteiger partial charge is 0.489 e. The van der Waals surface area contributed by atoms with Gasteiger partial charge in [-0.1, -0.05) is 60.7 Å². The molecule has 0 spiro atoms. The van der Waals surface area contributed by atoms with Crippen molar-refractivity contribution in [2.24, 2.45) is 0 Å². The van der Waals surface area contributed by atoms with E-state index < -0.39 is 12.0 Å². The van der Waals surface area contributed by atoms with E-state index in [1.807, 2.05) is 36.4 Å². The fraction of sp³-hybridized carbons (Fsp3) is 0.344. The fourth-order valence-electron chi connectivity index (χ4n) is 5.22. The van der Waals surface area contributed by atoms with Crippen molar-refractivity contribution in [1.29, 1.82) is 0 Å². The van der Waals surface area contributed by atoms with E-state index in [9.17, 15) is 19.5 Å². The predicted molar refractivity (Wildman–Crippen MR) is 152 cm³/mol. The molecule has 1 unspecified atom stereocenters. The second-order valence-corrected chi connectivity index (χ2v) is 10.4. The number of carbonyl (C=O) groups excluding carboxylic acids is 2. The quantitative estimate of drug-likeness (QED) is 0.350. The first kappa shape index (κ1) is 28.3. The molecule has 3 aromatic rings. The maximum Gasteiger partial charge on any atom is 0.303 e. The molecule has 9 nitrogen and oxygen atoms in total. The molecule has 214 valence electrons. The fourth-order valence-corrected chi connectivity index (χ4v) is 5.22. The Bertz CT molecular complexity index is 1360. The van der Waals surface area contributed by atoms with Gasteiger partial charge in [-0.2, -0.15) is 0 Å². The van der Waals surface area contributed by atoms with Gasteiger partial charge in [0.25, 0.3) is 5.91 Å². The van der Waals surface area contributed by atoms with Crippen molar-refractivity contribution in [3.8, 4) is 5.75 Å². The van der Waals surface area contributed by atoms with Crippen LogP contribution in [0.5, 0.6) is 5.75 Å². The Hall–Kier alpha value is -4.21. The highest BCUT2D eigenvalue weighted by Crippen LogP contribution is 2.33. The number of benzene rings is 3. The van der Waals surface area contributed by atoms with E-state index in [0.29, 0.717) is 23.5 Å². The van der Waals surface area contributed by atoms with Crippen molar-refractivity contribution < 1.29 is 29.0 Å². The number of morpholine rings is 1. The first-order valence-electron chi connectivity index (χ1n) is 13.9. The van der Waals surface area contributed by atoms with Gasteiger partial charge in [-0.3, -0.25) is 19.3 Å². The van der Waals surface area contributed by atoms with E-state index in [1.165, 1.54) is 10.5 Å². The van der Waals surface area contributed by atoms with Crippen molar-refractivity contribution in [3.63, 3.8) is 0 Å².